The lowest BCUT2D eigenvalue weighted by Crippen LogP contribution is -2.48. The lowest BCUT2D eigenvalue weighted by atomic mass is 10.2. The summed E-state index contributed by atoms with van der Waals surface area (Å²) in [5.74, 6) is 0.315. The number of benzene rings is 2. The van der Waals surface area contributed by atoms with E-state index in [9.17, 15) is 9.59 Å². The molecule has 2 rings (SSSR count). The van der Waals surface area contributed by atoms with Crippen molar-refractivity contribution in [3.63, 3.8) is 0 Å². The molecule has 1 atom stereocenters. The van der Waals surface area contributed by atoms with E-state index in [1.54, 1.807) is 13.0 Å². The van der Waals surface area contributed by atoms with Crippen molar-refractivity contribution in [3.8, 4) is 11.5 Å². The van der Waals surface area contributed by atoms with E-state index in [4.69, 9.17) is 9.47 Å². The van der Waals surface area contributed by atoms with Crippen LogP contribution in [-0.2, 0) is 16.0 Å². The molecule has 0 radical (unpaired) electrons. The summed E-state index contributed by atoms with van der Waals surface area (Å²) in [5, 5.41) is 0. The molecule has 6 nitrogen and oxygen atoms in total. The van der Waals surface area contributed by atoms with E-state index in [-0.39, 0.29) is 6.61 Å². The predicted molar refractivity (Wildman–Crippen MR) is 98.9 cm³/mol. The lowest BCUT2D eigenvalue weighted by molar-refractivity contribution is -0.133. The fraction of sp³-hybridized carbons (Fsp3) is 0.300. The molecule has 2 aromatic rings. The average Bonchev–Trinajstić information content (AvgIpc) is 2.66. The Hall–Kier alpha value is -3.02. The maximum atomic E-state index is 12.0. The zero-order valence-corrected chi connectivity index (χ0v) is 15.2. The van der Waals surface area contributed by atoms with Gasteiger partial charge in [-0.25, -0.2) is 0 Å². The van der Waals surface area contributed by atoms with Gasteiger partial charge in [-0.15, -0.1) is 0 Å². The minimum atomic E-state index is -0.750. The summed E-state index contributed by atoms with van der Waals surface area (Å²) in [5.41, 5.74) is 6.77. The normalized spacial score (nSPS) is 11.3. The van der Waals surface area contributed by atoms with Gasteiger partial charge >= 0.3 is 0 Å². The summed E-state index contributed by atoms with van der Waals surface area (Å²) < 4.78 is 11.0. The fourth-order valence-electron chi connectivity index (χ4n) is 2.19. The van der Waals surface area contributed by atoms with Crippen LogP contribution in [0.25, 0.3) is 0 Å². The quantitative estimate of drug-likeness (QED) is 0.748. The van der Waals surface area contributed by atoms with E-state index in [1.165, 1.54) is 5.56 Å². The van der Waals surface area contributed by atoms with Crippen LogP contribution in [0.1, 0.15) is 25.0 Å². The number of ether oxygens (including phenoxy) is 2. The van der Waals surface area contributed by atoms with Crippen molar-refractivity contribution in [1.29, 1.82) is 0 Å². The van der Waals surface area contributed by atoms with Crippen molar-refractivity contribution in [2.45, 2.75) is 33.3 Å². The third-order valence-corrected chi connectivity index (χ3v) is 3.79. The first-order valence-corrected chi connectivity index (χ1v) is 8.52. The first-order valence-electron chi connectivity index (χ1n) is 8.52. The van der Waals surface area contributed by atoms with Crippen molar-refractivity contribution in [3.05, 3.63) is 59.7 Å². The van der Waals surface area contributed by atoms with Crippen LogP contribution in [-0.4, -0.2) is 24.5 Å². The van der Waals surface area contributed by atoms with E-state index in [1.807, 2.05) is 49.4 Å². The number of amides is 2. The van der Waals surface area contributed by atoms with Crippen molar-refractivity contribution < 1.29 is 19.1 Å². The lowest BCUT2D eigenvalue weighted by Gasteiger charge is -2.15. The first-order chi connectivity index (χ1) is 12.5. The molecule has 2 N–H and O–H groups in total. The highest BCUT2D eigenvalue weighted by molar-refractivity contribution is 5.85. The van der Waals surface area contributed by atoms with Crippen LogP contribution < -0.4 is 20.3 Å². The third kappa shape index (κ3) is 5.81. The molecule has 0 fully saturated rings. The molecule has 0 aromatic heterocycles. The number of rotatable bonds is 7. The van der Waals surface area contributed by atoms with Crippen molar-refractivity contribution >= 4 is 11.8 Å². The van der Waals surface area contributed by atoms with Crippen LogP contribution in [0.4, 0.5) is 0 Å². The maximum absolute atomic E-state index is 12.0. The first kappa shape index (κ1) is 19.3. The van der Waals surface area contributed by atoms with Crippen LogP contribution in [0.5, 0.6) is 11.5 Å². The predicted octanol–water partition coefficient (Wildman–Crippen LogP) is 2.55. The Bertz CT molecular complexity index is 744. The van der Waals surface area contributed by atoms with Gasteiger partial charge in [-0.1, -0.05) is 37.3 Å². The molecule has 0 aliphatic heterocycles. The molecule has 0 saturated carbocycles. The van der Waals surface area contributed by atoms with Crippen LogP contribution in [0, 0.1) is 6.92 Å². The van der Waals surface area contributed by atoms with Gasteiger partial charge < -0.3 is 9.47 Å². The molecular weight excluding hydrogens is 332 g/mol. The molecule has 0 heterocycles. The number of nitrogens with one attached hydrogen (secondary N) is 2. The van der Waals surface area contributed by atoms with Crippen LogP contribution in [0.15, 0.2) is 48.5 Å². The van der Waals surface area contributed by atoms with E-state index in [0.717, 1.165) is 12.0 Å². The summed E-state index contributed by atoms with van der Waals surface area (Å²) >= 11 is 0. The number of carbonyl (C=O) groups excluding carboxylic acids is 2. The second-order valence-corrected chi connectivity index (χ2v) is 5.85. The highest BCUT2D eigenvalue weighted by atomic mass is 16.5. The molecule has 2 amide bonds. The minimum Gasteiger partial charge on any atom is -0.483 e. The largest absolute Gasteiger partial charge is 0.483 e. The Kier molecular flexibility index (Phi) is 7.02. The molecule has 0 saturated heterocycles. The van der Waals surface area contributed by atoms with Gasteiger partial charge in [-0.05, 0) is 49.6 Å². The van der Waals surface area contributed by atoms with Gasteiger partial charge in [0, 0.05) is 0 Å². The summed E-state index contributed by atoms with van der Waals surface area (Å²) in [4.78, 5) is 23.8. The molecule has 2 aromatic carbocycles. The second kappa shape index (κ2) is 9.46. The van der Waals surface area contributed by atoms with Gasteiger partial charge in [0.05, 0.1) is 0 Å². The molecule has 6 heteroatoms. The van der Waals surface area contributed by atoms with E-state index >= 15 is 0 Å². The zero-order chi connectivity index (χ0) is 18.9. The average molecular weight is 356 g/mol. The SMILES string of the molecule is CCc1ccc(OC(C)C(=O)NNC(=O)COc2ccccc2C)cc1. The van der Waals surface area contributed by atoms with E-state index in [2.05, 4.69) is 17.8 Å². The van der Waals surface area contributed by atoms with Gasteiger partial charge in [0.15, 0.2) is 12.7 Å². The number of hydrogen-bond acceptors (Lipinski definition) is 4. The zero-order valence-electron chi connectivity index (χ0n) is 15.2. The molecule has 0 aliphatic rings. The van der Waals surface area contributed by atoms with Crippen LogP contribution in [0.3, 0.4) is 0 Å². The molecule has 0 bridgehead atoms. The standard InChI is InChI=1S/C20H24N2O4/c1-4-16-9-11-17(12-10-16)26-15(3)20(24)22-21-19(23)13-25-18-8-6-5-7-14(18)2/h5-12,15H,4,13H2,1-3H3,(H,21,23)(H,22,24). The highest BCUT2D eigenvalue weighted by Crippen LogP contribution is 2.16. The van der Waals surface area contributed by atoms with Crippen molar-refractivity contribution in [1.82, 2.24) is 10.9 Å². The summed E-state index contributed by atoms with van der Waals surface area (Å²) in [6.07, 6.45) is 0.187. The van der Waals surface area contributed by atoms with Gasteiger partial charge in [0.2, 0.25) is 0 Å². The third-order valence-electron chi connectivity index (χ3n) is 3.79. The molecule has 0 aliphatic carbocycles. The van der Waals surface area contributed by atoms with Gasteiger partial charge in [0.1, 0.15) is 11.5 Å². The Morgan fingerprint density at radius 2 is 1.73 bits per heavy atom. The monoisotopic (exact) mass is 356 g/mol. The molecule has 26 heavy (non-hydrogen) atoms. The number of aryl methyl sites for hydroxylation is 2. The summed E-state index contributed by atoms with van der Waals surface area (Å²) in [7, 11) is 0. The molecular formula is C20H24N2O4. The highest BCUT2D eigenvalue weighted by Gasteiger charge is 2.15. The smallest absolute Gasteiger partial charge is 0.279 e. The Balaban J connectivity index is 1.74. The minimum absolute atomic E-state index is 0.196. The number of para-hydroxylation sites is 1. The van der Waals surface area contributed by atoms with Crippen molar-refractivity contribution in [2.75, 3.05) is 6.61 Å². The maximum Gasteiger partial charge on any atom is 0.279 e. The van der Waals surface area contributed by atoms with Crippen molar-refractivity contribution in [2.24, 2.45) is 0 Å². The summed E-state index contributed by atoms with van der Waals surface area (Å²) in [6.45, 7) is 5.37. The van der Waals surface area contributed by atoms with Gasteiger partial charge in [-0.2, -0.15) is 0 Å². The number of hydrogen-bond donors (Lipinski definition) is 2. The second-order valence-electron chi connectivity index (χ2n) is 5.85. The molecule has 0 spiro atoms. The Morgan fingerprint density at radius 3 is 2.38 bits per heavy atom. The van der Waals surface area contributed by atoms with E-state index < -0.39 is 17.9 Å². The van der Waals surface area contributed by atoms with E-state index in [0.29, 0.717) is 11.5 Å². The van der Waals surface area contributed by atoms with Gasteiger partial charge in [0.25, 0.3) is 11.8 Å². The Morgan fingerprint density at radius 1 is 1.04 bits per heavy atom. The topological polar surface area (TPSA) is 76.7 Å². The Labute approximate surface area is 153 Å². The number of carbonyl (C=O) groups is 2. The molecule has 1 unspecified atom stereocenters. The fourth-order valence-corrected chi connectivity index (χ4v) is 2.19. The van der Waals surface area contributed by atoms with Crippen LogP contribution in [0.2, 0.25) is 0 Å². The van der Waals surface area contributed by atoms with Gasteiger partial charge in [-0.3, -0.25) is 20.4 Å². The summed E-state index contributed by atoms with van der Waals surface area (Å²) in [6, 6.07) is 14.9. The number of hydrazine groups is 1. The molecule has 138 valence electrons. The van der Waals surface area contributed by atoms with Crippen LogP contribution >= 0.6 is 0 Å².